The molecule has 0 aromatic heterocycles. The van der Waals surface area contributed by atoms with E-state index in [0.29, 0.717) is 12.1 Å². The lowest BCUT2D eigenvalue weighted by atomic mass is 10.1. The molecule has 1 heterocycles. The normalized spacial score (nSPS) is 18.9. The summed E-state index contributed by atoms with van der Waals surface area (Å²) < 4.78 is 25.9. The number of rotatable bonds is 2. The van der Waals surface area contributed by atoms with Crippen LogP contribution in [0.4, 0.5) is 8.78 Å². The fourth-order valence-electron chi connectivity index (χ4n) is 2.07. The van der Waals surface area contributed by atoms with Crippen LogP contribution in [-0.2, 0) is 6.54 Å². The molecule has 0 aliphatic carbocycles. The van der Waals surface area contributed by atoms with E-state index < -0.39 is 11.6 Å². The molecular weight excluding hydrogens is 210 g/mol. The molecule has 1 aliphatic rings. The Bertz CT molecular complexity index is 340. The van der Waals surface area contributed by atoms with Crippen LogP contribution < -0.4 is 5.73 Å². The second-order valence-electron chi connectivity index (χ2n) is 4.39. The molecule has 2 nitrogen and oxygen atoms in total. The van der Waals surface area contributed by atoms with Gasteiger partial charge in [0.25, 0.3) is 0 Å². The van der Waals surface area contributed by atoms with Crippen LogP contribution >= 0.6 is 0 Å². The van der Waals surface area contributed by atoms with Gasteiger partial charge in [0.2, 0.25) is 0 Å². The van der Waals surface area contributed by atoms with E-state index in [1.165, 1.54) is 12.1 Å². The summed E-state index contributed by atoms with van der Waals surface area (Å²) in [4.78, 5) is 2.18. The molecule has 0 amide bonds. The first-order valence-electron chi connectivity index (χ1n) is 5.56. The topological polar surface area (TPSA) is 29.3 Å². The quantitative estimate of drug-likeness (QED) is 0.834. The zero-order chi connectivity index (χ0) is 11.5. The number of nitrogens with two attached hydrogens (primary N) is 1. The number of benzene rings is 1. The second kappa shape index (κ2) is 4.89. The third-order valence-electron chi connectivity index (χ3n) is 2.96. The second-order valence-corrected chi connectivity index (χ2v) is 4.39. The summed E-state index contributed by atoms with van der Waals surface area (Å²) in [7, 11) is 0. The Kier molecular flexibility index (Phi) is 3.51. The van der Waals surface area contributed by atoms with Crippen LogP contribution in [0, 0.1) is 11.6 Å². The molecule has 0 radical (unpaired) electrons. The van der Waals surface area contributed by atoms with Crippen molar-refractivity contribution in [3.63, 3.8) is 0 Å². The van der Waals surface area contributed by atoms with Gasteiger partial charge in [0.1, 0.15) is 11.6 Å². The van der Waals surface area contributed by atoms with Crippen LogP contribution in [0.1, 0.15) is 18.4 Å². The summed E-state index contributed by atoms with van der Waals surface area (Å²) in [6.45, 7) is 2.40. The number of nitrogens with zero attached hydrogens (tertiary/aromatic N) is 1. The predicted molar refractivity (Wildman–Crippen MR) is 58.8 cm³/mol. The van der Waals surface area contributed by atoms with Crippen molar-refractivity contribution in [3.05, 3.63) is 35.4 Å². The van der Waals surface area contributed by atoms with Gasteiger partial charge in [0, 0.05) is 18.7 Å². The Morgan fingerprint density at radius 1 is 1.12 bits per heavy atom. The van der Waals surface area contributed by atoms with Gasteiger partial charge < -0.3 is 5.73 Å². The van der Waals surface area contributed by atoms with Crippen molar-refractivity contribution < 1.29 is 8.78 Å². The molecular formula is C12H16F2N2. The summed E-state index contributed by atoms with van der Waals surface area (Å²) in [6.07, 6.45) is 1.91. The number of hydrogen-bond acceptors (Lipinski definition) is 2. The Morgan fingerprint density at radius 2 is 1.69 bits per heavy atom. The minimum absolute atomic E-state index is 0.278. The maximum atomic E-state index is 13.0. The maximum absolute atomic E-state index is 13.0. The van der Waals surface area contributed by atoms with Gasteiger partial charge in [-0.15, -0.1) is 0 Å². The van der Waals surface area contributed by atoms with Gasteiger partial charge in [-0.25, -0.2) is 8.78 Å². The SMILES string of the molecule is NC1CCN(Cc2cc(F)cc(F)c2)CC1. The van der Waals surface area contributed by atoms with E-state index >= 15 is 0 Å². The molecule has 0 spiro atoms. The number of hydrogen-bond donors (Lipinski definition) is 1. The minimum atomic E-state index is -0.510. The van der Waals surface area contributed by atoms with E-state index in [0.717, 1.165) is 32.0 Å². The van der Waals surface area contributed by atoms with E-state index in [2.05, 4.69) is 4.90 Å². The lowest BCUT2D eigenvalue weighted by Gasteiger charge is -2.30. The molecule has 2 N–H and O–H groups in total. The van der Waals surface area contributed by atoms with Crippen LogP contribution in [0.5, 0.6) is 0 Å². The molecule has 1 aromatic carbocycles. The lowest BCUT2D eigenvalue weighted by Crippen LogP contribution is -2.39. The molecule has 1 saturated heterocycles. The zero-order valence-corrected chi connectivity index (χ0v) is 9.13. The van der Waals surface area contributed by atoms with Crippen LogP contribution in [-0.4, -0.2) is 24.0 Å². The first-order chi connectivity index (χ1) is 7.63. The van der Waals surface area contributed by atoms with E-state index in [-0.39, 0.29) is 6.04 Å². The third-order valence-corrected chi connectivity index (χ3v) is 2.96. The molecule has 0 saturated carbocycles. The van der Waals surface area contributed by atoms with Gasteiger partial charge in [0.05, 0.1) is 0 Å². The Hall–Kier alpha value is -1.00. The van der Waals surface area contributed by atoms with Crippen molar-refractivity contribution in [1.82, 2.24) is 4.90 Å². The molecule has 2 rings (SSSR count). The van der Waals surface area contributed by atoms with E-state index in [1.807, 2.05) is 0 Å². The van der Waals surface area contributed by atoms with Crippen LogP contribution in [0.2, 0.25) is 0 Å². The van der Waals surface area contributed by atoms with E-state index in [4.69, 9.17) is 5.73 Å². The van der Waals surface area contributed by atoms with Crippen LogP contribution in [0.3, 0.4) is 0 Å². The van der Waals surface area contributed by atoms with Crippen molar-refractivity contribution in [2.45, 2.75) is 25.4 Å². The van der Waals surface area contributed by atoms with Gasteiger partial charge in [-0.05, 0) is 43.6 Å². The molecule has 0 bridgehead atoms. The molecule has 0 atom stereocenters. The van der Waals surface area contributed by atoms with Crippen LogP contribution in [0.15, 0.2) is 18.2 Å². The first kappa shape index (κ1) is 11.5. The molecule has 1 aliphatic heterocycles. The van der Waals surface area contributed by atoms with Gasteiger partial charge in [-0.3, -0.25) is 4.90 Å². The zero-order valence-electron chi connectivity index (χ0n) is 9.13. The fourth-order valence-corrected chi connectivity index (χ4v) is 2.07. The highest BCUT2D eigenvalue weighted by atomic mass is 19.1. The van der Waals surface area contributed by atoms with Gasteiger partial charge in [-0.2, -0.15) is 0 Å². The van der Waals surface area contributed by atoms with Gasteiger partial charge >= 0.3 is 0 Å². The molecule has 16 heavy (non-hydrogen) atoms. The summed E-state index contributed by atoms with van der Waals surface area (Å²) in [5.74, 6) is -1.02. The standard InChI is InChI=1S/C12H16F2N2/c13-10-5-9(6-11(14)7-10)8-16-3-1-12(15)2-4-16/h5-7,12H,1-4,8,15H2. The van der Waals surface area contributed by atoms with Crippen molar-refractivity contribution in [2.75, 3.05) is 13.1 Å². The van der Waals surface area contributed by atoms with E-state index in [1.54, 1.807) is 0 Å². The number of piperidine rings is 1. The monoisotopic (exact) mass is 226 g/mol. The minimum Gasteiger partial charge on any atom is -0.328 e. The van der Waals surface area contributed by atoms with Crippen molar-refractivity contribution in [3.8, 4) is 0 Å². The van der Waals surface area contributed by atoms with Crippen molar-refractivity contribution >= 4 is 0 Å². The molecule has 88 valence electrons. The van der Waals surface area contributed by atoms with E-state index in [9.17, 15) is 8.78 Å². The van der Waals surface area contributed by atoms with Crippen LogP contribution in [0.25, 0.3) is 0 Å². The number of halogens is 2. The Labute approximate surface area is 94.0 Å². The largest absolute Gasteiger partial charge is 0.328 e. The summed E-state index contributed by atoms with van der Waals surface area (Å²) >= 11 is 0. The average molecular weight is 226 g/mol. The Morgan fingerprint density at radius 3 is 2.25 bits per heavy atom. The third kappa shape index (κ3) is 3.00. The van der Waals surface area contributed by atoms with Gasteiger partial charge in [-0.1, -0.05) is 0 Å². The Balaban J connectivity index is 1.98. The molecule has 0 unspecified atom stereocenters. The highest BCUT2D eigenvalue weighted by Crippen LogP contribution is 2.14. The average Bonchev–Trinajstić information content (AvgIpc) is 2.20. The van der Waals surface area contributed by atoms with Crippen molar-refractivity contribution in [2.24, 2.45) is 5.73 Å². The highest BCUT2D eigenvalue weighted by Gasteiger charge is 2.16. The lowest BCUT2D eigenvalue weighted by molar-refractivity contribution is 0.205. The predicted octanol–water partition coefficient (Wildman–Crippen LogP) is 1.89. The number of likely N-dealkylation sites (tertiary alicyclic amines) is 1. The summed E-state index contributed by atoms with van der Waals surface area (Å²) in [5, 5.41) is 0. The van der Waals surface area contributed by atoms with Crippen molar-refractivity contribution in [1.29, 1.82) is 0 Å². The maximum Gasteiger partial charge on any atom is 0.126 e. The molecule has 1 aromatic rings. The molecule has 4 heteroatoms. The fraction of sp³-hybridized carbons (Fsp3) is 0.500. The molecule has 1 fully saturated rings. The summed E-state index contributed by atoms with van der Waals surface area (Å²) in [5.41, 5.74) is 6.48. The van der Waals surface area contributed by atoms with Gasteiger partial charge in [0.15, 0.2) is 0 Å². The smallest absolute Gasteiger partial charge is 0.126 e. The highest BCUT2D eigenvalue weighted by molar-refractivity contribution is 5.17. The summed E-state index contributed by atoms with van der Waals surface area (Å²) in [6, 6.07) is 3.95. The first-order valence-corrected chi connectivity index (χ1v) is 5.56.